The van der Waals surface area contributed by atoms with Crippen LogP contribution >= 0.6 is 0 Å². The van der Waals surface area contributed by atoms with Gasteiger partial charge in [-0.2, -0.15) is 4.98 Å². The second-order valence-corrected chi connectivity index (χ2v) is 5.09. The molecule has 3 rings (SSSR count). The molecule has 9 nitrogen and oxygen atoms in total. The summed E-state index contributed by atoms with van der Waals surface area (Å²) in [4.78, 5) is 30.5. The summed E-state index contributed by atoms with van der Waals surface area (Å²) in [6.45, 7) is 4.13. The van der Waals surface area contributed by atoms with Crippen LogP contribution in [0, 0.1) is 6.92 Å². The van der Waals surface area contributed by atoms with Crippen molar-refractivity contribution in [2.45, 2.75) is 13.8 Å². The first-order chi connectivity index (χ1) is 11.5. The third kappa shape index (κ3) is 2.91. The Morgan fingerprint density at radius 3 is 2.83 bits per heavy atom. The van der Waals surface area contributed by atoms with Crippen molar-refractivity contribution >= 4 is 29.1 Å². The maximum Gasteiger partial charge on any atom is 0.356 e. The molecule has 3 N–H and O–H groups in total. The van der Waals surface area contributed by atoms with Gasteiger partial charge >= 0.3 is 18.0 Å². The van der Waals surface area contributed by atoms with Gasteiger partial charge in [0.05, 0.1) is 0 Å². The lowest BCUT2D eigenvalue weighted by Crippen LogP contribution is -2.28. The number of nitrogens with zero attached hydrogens (tertiary/aromatic N) is 3. The lowest BCUT2D eigenvalue weighted by molar-refractivity contribution is 0.0691. The number of rotatable bonds is 4. The van der Waals surface area contributed by atoms with Crippen LogP contribution in [0.5, 0.6) is 0 Å². The predicted octanol–water partition coefficient (Wildman–Crippen LogP) is 2.16. The number of carbonyl (C=O) groups excluding carboxylic acids is 1. The maximum absolute atomic E-state index is 11.5. The van der Waals surface area contributed by atoms with Crippen LogP contribution in [0.2, 0.25) is 0 Å². The van der Waals surface area contributed by atoms with Crippen molar-refractivity contribution in [2.24, 2.45) is 0 Å². The normalized spacial score (nSPS) is 10.8. The van der Waals surface area contributed by atoms with E-state index in [9.17, 15) is 9.59 Å². The highest BCUT2D eigenvalue weighted by molar-refractivity contribution is 5.89. The fourth-order valence-electron chi connectivity index (χ4n) is 2.26. The molecule has 2 amide bonds. The average Bonchev–Trinajstić information content (AvgIpc) is 3.13. The zero-order valence-corrected chi connectivity index (χ0v) is 13.0. The lowest BCUT2D eigenvalue weighted by Gasteiger charge is -2.03. The number of carboxylic acid groups (broad SMARTS) is 1. The number of carbonyl (C=O) groups is 2. The van der Waals surface area contributed by atoms with Gasteiger partial charge in [-0.15, -0.1) is 0 Å². The van der Waals surface area contributed by atoms with E-state index in [0.29, 0.717) is 23.3 Å². The Labute approximate surface area is 136 Å². The van der Waals surface area contributed by atoms with E-state index in [4.69, 9.17) is 9.52 Å². The molecule has 2 heterocycles. The van der Waals surface area contributed by atoms with E-state index in [-0.39, 0.29) is 11.7 Å². The van der Waals surface area contributed by atoms with Crippen LogP contribution in [-0.2, 0) is 0 Å². The van der Waals surface area contributed by atoms with Crippen LogP contribution in [0.15, 0.2) is 29.1 Å². The number of aromatic nitrogens is 3. The first kappa shape index (κ1) is 15.5. The molecule has 3 aromatic rings. The van der Waals surface area contributed by atoms with Crippen molar-refractivity contribution in [2.75, 3.05) is 11.9 Å². The minimum atomic E-state index is -1.10. The molecule has 2 aromatic heterocycles. The highest BCUT2D eigenvalue weighted by Gasteiger charge is 2.14. The van der Waals surface area contributed by atoms with E-state index in [0.717, 1.165) is 5.56 Å². The molecule has 0 bridgehead atoms. The molecular weight excluding hydrogens is 314 g/mol. The molecule has 0 aliphatic heterocycles. The van der Waals surface area contributed by atoms with E-state index >= 15 is 0 Å². The lowest BCUT2D eigenvalue weighted by atomic mass is 10.2. The summed E-state index contributed by atoms with van der Waals surface area (Å²) in [6.07, 6.45) is 2.83. The maximum atomic E-state index is 11.5. The van der Waals surface area contributed by atoms with Crippen molar-refractivity contribution in [1.29, 1.82) is 0 Å². The van der Waals surface area contributed by atoms with Gasteiger partial charge in [0, 0.05) is 18.4 Å². The van der Waals surface area contributed by atoms with E-state index in [1.165, 1.54) is 12.5 Å². The Kier molecular flexibility index (Phi) is 3.90. The van der Waals surface area contributed by atoms with Crippen LogP contribution in [0.3, 0.4) is 0 Å². The molecule has 1 aromatic carbocycles. The highest BCUT2D eigenvalue weighted by atomic mass is 16.4. The molecule has 9 heteroatoms. The predicted molar refractivity (Wildman–Crippen MR) is 85.5 cm³/mol. The number of amides is 2. The molecule has 0 spiro atoms. The second-order valence-electron chi connectivity index (χ2n) is 5.09. The molecule has 0 aliphatic carbocycles. The van der Waals surface area contributed by atoms with Crippen molar-refractivity contribution in [3.05, 3.63) is 35.9 Å². The number of fused-ring (bicyclic) bond motifs is 1. The van der Waals surface area contributed by atoms with Crippen LogP contribution in [-0.4, -0.2) is 38.2 Å². The Hall–Kier alpha value is -3.36. The van der Waals surface area contributed by atoms with Gasteiger partial charge in [0.15, 0.2) is 11.3 Å². The van der Waals surface area contributed by atoms with Gasteiger partial charge in [-0.25, -0.2) is 14.6 Å². The molecule has 0 fully saturated rings. The minimum absolute atomic E-state index is 0.0495. The second kappa shape index (κ2) is 6.03. The number of benzene rings is 1. The van der Waals surface area contributed by atoms with Gasteiger partial charge in [0.1, 0.15) is 11.8 Å². The van der Waals surface area contributed by atoms with Gasteiger partial charge in [-0.3, -0.25) is 5.32 Å². The molecule has 0 saturated carbocycles. The Morgan fingerprint density at radius 1 is 1.38 bits per heavy atom. The number of oxazole rings is 1. The van der Waals surface area contributed by atoms with E-state index in [2.05, 4.69) is 20.6 Å². The van der Waals surface area contributed by atoms with Crippen LogP contribution in [0.25, 0.3) is 16.8 Å². The van der Waals surface area contributed by atoms with E-state index < -0.39 is 12.0 Å². The highest BCUT2D eigenvalue weighted by Crippen LogP contribution is 2.25. The smallest absolute Gasteiger partial charge is 0.356 e. The Bertz CT molecular complexity index is 927. The van der Waals surface area contributed by atoms with Gasteiger partial charge in [-0.05, 0) is 31.5 Å². The topological polar surface area (TPSA) is 122 Å². The first-order valence-corrected chi connectivity index (χ1v) is 7.21. The number of anilines is 1. The third-order valence-electron chi connectivity index (χ3n) is 3.32. The number of urea groups is 1. The van der Waals surface area contributed by atoms with Gasteiger partial charge in [0.25, 0.3) is 0 Å². The zero-order chi connectivity index (χ0) is 17.3. The summed E-state index contributed by atoms with van der Waals surface area (Å²) in [6, 6.07) is 3.23. The molecule has 0 aliphatic rings. The monoisotopic (exact) mass is 329 g/mol. The summed E-state index contributed by atoms with van der Waals surface area (Å²) in [5.41, 5.74) is 2.53. The third-order valence-corrected chi connectivity index (χ3v) is 3.32. The van der Waals surface area contributed by atoms with Gasteiger partial charge in [-0.1, -0.05) is 0 Å². The number of imidazole rings is 1. The zero-order valence-electron chi connectivity index (χ0n) is 13.0. The first-order valence-electron chi connectivity index (χ1n) is 7.21. The van der Waals surface area contributed by atoms with E-state index in [1.807, 2.05) is 13.0 Å². The van der Waals surface area contributed by atoms with Crippen molar-refractivity contribution < 1.29 is 19.1 Å². The summed E-state index contributed by atoms with van der Waals surface area (Å²) in [7, 11) is 0. The molecule has 0 atom stereocenters. The molecule has 24 heavy (non-hydrogen) atoms. The van der Waals surface area contributed by atoms with Gasteiger partial charge in [0.2, 0.25) is 0 Å². The van der Waals surface area contributed by atoms with Crippen molar-refractivity contribution in [3.63, 3.8) is 0 Å². The molecule has 0 radical (unpaired) electrons. The minimum Gasteiger partial charge on any atom is -0.476 e. The summed E-state index contributed by atoms with van der Waals surface area (Å²) in [5, 5.41) is 14.1. The molecule has 0 unspecified atom stereocenters. The number of aromatic carboxylic acids is 1. The van der Waals surface area contributed by atoms with Crippen LogP contribution < -0.4 is 10.6 Å². The number of carboxylic acids is 1. The standard InChI is InChI=1S/C15H15N5O4/c1-3-16-14(23)19-15-18-10-5-9(4-8(2)12(10)24-15)20-6-11(13(21)22)17-7-20/h4-7H,3H2,1-2H3,(H,21,22)(H2,16,18,19,23). The van der Waals surface area contributed by atoms with Crippen molar-refractivity contribution in [3.8, 4) is 5.69 Å². The Morgan fingerprint density at radius 2 is 2.17 bits per heavy atom. The van der Waals surface area contributed by atoms with Crippen molar-refractivity contribution in [1.82, 2.24) is 19.9 Å². The van der Waals surface area contributed by atoms with Crippen LogP contribution in [0.1, 0.15) is 23.0 Å². The summed E-state index contributed by atoms with van der Waals surface area (Å²) < 4.78 is 7.13. The number of hydrogen-bond acceptors (Lipinski definition) is 5. The largest absolute Gasteiger partial charge is 0.476 e. The number of hydrogen-bond donors (Lipinski definition) is 3. The Balaban J connectivity index is 1.96. The molecule has 124 valence electrons. The van der Waals surface area contributed by atoms with E-state index in [1.54, 1.807) is 17.6 Å². The van der Waals surface area contributed by atoms with Crippen LogP contribution in [0.4, 0.5) is 10.8 Å². The quantitative estimate of drug-likeness (QED) is 0.674. The number of aryl methyl sites for hydroxylation is 1. The summed E-state index contributed by atoms with van der Waals surface area (Å²) >= 11 is 0. The summed E-state index contributed by atoms with van der Waals surface area (Å²) in [5.74, 6) is -1.10. The fraction of sp³-hybridized carbons (Fsp3) is 0.200. The molecular formula is C15H15N5O4. The molecule has 0 saturated heterocycles. The van der Waals surface area contributed by atoms with Gasteiger partial charge < -0.3 is 19.4 Å². The number of nitrogens with one attached hydrogen (secondary N) is 2. The fourth-order valence-corrected chi connectivity index (χ4v) is 2.26. The average molecular weight is 329 g/mol. The SMILES string of the molecule is CCNC(=O)Nc1nc2cc(-n3cnc(C(=O)O)c3)cc(C)c2o1.